The predicted octanol–water partition coefficient (Wildman–Crippen LogP) is 2.71. The number of hydrogen-bond acceptors (Lipinski definition) is 5. The minimum Gasteiger partial charge on any atom is -0.387 e. The van der Waals surface area contributed by atoms with Crippen LogP contribution in [0.4, 0.5) is 5.69 Å². The average Bonchev–Trinajstić information content (AvgIpc) is 2.73. The number of aliphatic hydroxyl groups is 1. The van der Waals surface area contributed by atoms with E-state index in [0.717, 1.165) is 55.6 Å². The SMILES string of the molecule is CS(=O)(=O)N1CCCc2cc([C@@H](O)CN3CCC(c4ccncc4)CC3)ccc21. The zero-order chi connectivity index (χ0) is 20.4. The highest BCUT2D eigenvalue weighted by molar-refractivity contribution is 7.92. The van der Waals surface area contributed by atoms with Gasteiger partial charge in [-0.15, -0.1) is 0 Å². The van der Waals surface area contributed by atoms with Crippen LogP contribution in [0.3, 0.4) is 0 Å². The number of rotatable bonds is 5. The number of fused-ring (bicyclic) bond motifs is 1. The van der Waals surface area contributed by atoms with E-state index in [1.807, 2.05) is 30.6 Å². The first-order chi connectivity index (χ1) is 13.9. The summed E-state index contributed by atoms with van der Waals surface area (Å²) in [6, 6.07) is 9.91. The second-order valence-electron chi connectivity index (χ2n) is 8.20. The molecule has 2 aromatic rings. The minimum absolute atomic E-state index is 0.528. The van der Waals surface area contributed by atoms with E-state index >= 15 is 0 Å². The van der Waals surface area contributed by atoms with Crippen LogP contribution in [0.1, 0.15) is 48.0 Å². The minimum atomic E-state index is -3.26. The van der Waals surface area contributed by atoms with Gasteiger partial charge in [-0.1, -0.05) is 12.1 Å². The lowest BCUT2D eigenvalue weighted by atomic mass is 9.90. The number of sulfonamides is 1. The summed E-state index contributed by atoms with van der Waals surface area (Å²) < 4.78 is 25.5. The molecule has 1 N–H and O–H groups in total. The van der Waals surface area contributed by atoms with Crippen LogP contribution in [0.5, 0.6) is 0 Å². The fourth-order valence-corrected chi connectivity index (χ4v) is 5.56. The van der Waals surface area contributed by atoms with Gasteiger partial charge in [0.05, 0.1) is 18.0 Å². The Morgan fingerprint density at radius 2 is 1.86 bits per heavy atom. The number of aryl methyl sites for hydroxylation is 1. The molecule has 1 atom stereocenters. The standard InChI is InChI=1S/C22H29N3O3S/c1-29(27,28)25-12-2-3-19-15-20(4-5-21(19)25)22(26)16-24-13-8-18(9-14-24)17-6-10-23-11-7-17/h4-7,10-11,15,18,22,26H,2-3,8-9,12-14,16H2,1H3/t22-/m0/s1. The molecule has 156 valence electrons. The van der Waals surface area contributed by atoms with Gasteiger partial charge in [-0.05, 0) is 79.6 Å². The van der Waals surface area contributed by atoms with Gasteiger partial charge >= 0.3 is 0 Å². The first-order valence-electron chi connectivity index (χ1n) is 10.3. The predicted molar refractivity (Wildman–Crippen MR) is 115 cm³/mol. The molecule has 0 aliphatic carbocycles. The Bertz CT molecular complexity index is 941. The van der Waals surface area contributed by atoms with Crippen LogP contribution in [0.15, 0.2) is 42.7 Å². The van der Waals surface area contributed by atoms with E-state index in [0.29, 0.717) is 19.0 Å². The molecule has 1 fully saturated rings. The van der Waals surface area contributed by atoms with Gasteiger partial charge in [-0.25, -0.2) is 8.42 Å². The summed E-state index contributed by atoms with van der Waals surface area (Å²) in [5, 5.41) is 10.8. The number of β-amino-alcohol motifs (C(OH)–C–C–N with tert-alkyl or cyclic N) is 1. The van der Waals surface area contributed by atoms with Crippen LogP contribution in [0, 0.1) is 0 Å². The molecule has 2 aliphatic heterocycles. The van der Waals surface area contributed by atoms with Crippen LogP contribution in [0.25, 0.3) is 0 Å². The van der Waals surface area contributed by atoms with Gasteiger partial charge in [0.15, 0.2) is 0 Å². The van der Waals surface area contributed by atoms with Crippen LogP contribution in [0.2, 0.25) is 0 Å². The summed E-state index contributed by atoms with van der Waals surface area (Å²) in [6.07, 6.45) is 8.22. The molecule has 0 spiro atoms. The molecule has 4 rings (SSSR count). The summed E-state index contributed by atoms with van der Waals surface area (Å²) in [4.78, 5) is 6.42. The highest BCUT2D eigenvalue weighted by atomic mass is 32.2. The second-order valence-corrected chi connectivity index (χ2v) is 10.1. The van der Waals surface area contributed by atoms with E-state index in [1.54, 1.807) is 0 Å². The maximum Gasteiger partial charge on any atom is 0.232 e. The van der Waals surface area contributed by atoms with Crippen molar-refractivity contribution >= 4 is 15.7 Å². The molecule has 0 bridgehead atoms. The third-order valence-electron chi connectivity index (χ3n) is 6.16. The van der Waals surface area contributed by atoms with Gasteiger partial charge in [0, 0.05) is 25.5 Å². The topological polar surface area (TPSA) is 73.7 Å². The normalized spacial score (nSPS) is 19.7. The van der Waals surface area contributed by atoms with E-state index < -0.39 is 16.1 Å². The molecule has 0 saturated carbocycles. The lowest BCUT2D eigenvalue weighted by Crippen LogP contribution is -2.36. The fourth-order valence-electron chi connectivity index (χ4n) is 4.57. The number of likely N-dealkylation sites (tertiary alicyclic amines) is 1. The van der Waals surface area contributed by atoms with Crippen molar-refractivity contribution in [1.82, 2.24) is 9.88 Å². The van der Waals surface area contributed by atoms with Gasteiger partial charge in [-0.3, -0.25) is 9.29 Å². The Morgan fingerprint density at radius 3 is 2.55 bits per heavy atom. The van der Waals surface area contributed by atoms with E-state index in [-0.39, 0.29) is 0 Å². The highest BCUT2D eigenvalue weighted by Gasteiger charge is 2.26. The number of nitrogens with zero attached hydrogens (tertiary/aromatic N) is 3. The molecule has 0 radical (unpaired) electrons. The van der Waals surface area contributed by atoms with E-state index in [2.05, 4.69) is 22.0 Å². The number of aromatic nitrogens is 1. The first-order valence-corrected chi connectivity index (χ1v) is 12.2. The maximum atomic E-state index is 12.0. The van der Waals surface area contributed by atoms with Crippen molar-refractivity contribution in [2.75, 3.05) is 36.7 Å². The molecule has 1 saturated heterocycles. The van der Waals surface area contributed by atoms with Crippen LogP contribution < -0.4 is 4.31 Å². The molecule has 7 heteroatoms. The number of hydrogen-bond donors (Lipinski definition) is 1. The van der Waals surface area contributed by atoms with Gasteiger partial charge < -0.3 is 10.0 Å². The number of benzene rings is 1. The Hall–Kier alpha value is -1.96. The molecular formula is C22H29N3O3S. The van der Waals surface area contributed by atoms with Crippen molar-refractivity contribution in [3.8, 4) is 0 Å². The Kier molecular flexibility index (Phi) is 5.90. The van der Waals surface area contributed by atoms with Gasteiger partial charge in [0.2, 0.25) is 10.0 Å². The van der Waals surface area contributed by atoms with Crippen LogP contribution >= 0.6 is 0 Å². The van der Waals surface area contributed by atoms with Crippen molar-refractivity contribution in [3.05, 3.63) is 59.4 Å². The Balaban J connectivity index is 1.39. The second kappa shape index (κ2) is 8.42. The van der Waals surface area contributed by atoms with E-state index in [1.165, 1.54) is 16.1 Å². The molecule has 1 aromatic heterocycles. The number of piperidine rings is 1. The largest absolute Gasteiger partial charge is 0.387 e. The van der Waals surface area contributed by atoms with Crippen molar-refractivity contribution in [1.29, 1.82) is 0 Å². The molecule has 3 heterocycles. The van der Waals surface area contributed by atoms with Gasteiger partial charge in [0.1, 0.15) is 0 Å². The lowest BCUT2D eigenvalue weighted by Gasteiger charge is -2.34. The summed E-state index contributed by atoms with van der Waals surface area (Å²) >= 11 is 0. The zero-order valence-corrected chi connectivity index (χ0v) is 17.7. The smallest absolute Gasteiger partial charge is 0.232 e. The van der Waals surface area contributed by atoms with Crippen molar-refractivity contribution in [2.45, 2.75) is 37.7 Å². The summed E-state index contributed by atoms with van der Waals surface area (Å²) in [6.45, 7) is 3.07. The summed E-state index contributed by atoms with van der Waals surface area (Å²) in [5.41, 5.74) is 3.99. The molecule has 2 aliphatic rings. The molecule has 0 unspecified atom stereocenters. The van der Waals surface area contributed by atoms with Crippen LogP contribution in [-0.4, -0.2) is 55.8 Å². The van der Waals surface area contributed by atoms with Crippen molar-refractivity contribution in [2.24, 2.45) is 0 Å². The molecule has 0 amide bonds. The maximum absolute atomic E-state index is 12.0. The lowest BCUT2D eigenvalue weighted by molar-refractivity contribution is 0.0972. The Labute approximate surface area is 173 Å². The van der Waals surface area contributed by atoms with Gasteiger partial charge in [0.25, 0.3) is 0 Å². The first kappa shape index (κ1) is 20.3. The highest BCUT2D eigenvalue weighted by Crippen LogP contribution is 2.32. The number of pyridine rings is 1. The van der Waals surface area contributed by atoms with E-state index in [4.69, 9.17) is 0 Å². The average molecular weight is 416 g/mol. The van der Waals surface area contributed by atoms with Crippen LogP contribution in [-0.2, 0) is 16.4 Å². The van der Waals surface area contributed by atoms with E-state index in [9.17, 15) is 13.5 Å². The summed E-state index contributed by atoms with van der Waals surface area (Å²) in [5.74, 6) is 0.567. The summed E-state index contributed by atoms with van der Waals surface area (Å²) in [7, 11) is -3.26. The third kappa shape index (κ3) is 4.63. The molecule has 1 aromatic carbocycles. The Morgan fingerprint density at radius 1 is 1.14 bits per heavy atom. The number of aliphatic hydroxyl groups excluding tert-OH is 1. The molecular weight excluding hydrogens is 386 g/mol. The van der Waals surface area contributed by atoms with Crippen molar-refractivity contribution in [3.63, 3.8) is 0 Å². The van der Waals surface area contributed by atoms with Crippen molar-refractivity contribution < 1.29 is 13.5 Å². The molecule has 29 heavy (non-hydrogen) atoms. The quantitative estimate of drug-likeness (QED) is 0.813. The molecule has 6 nitrogen and oxygen atoms in total. The monoisotopic (exact) mass is 415 g/mol. The van der Waals surface area contributed by atoms with Gasteiger partial charge in [-0.2, -0.15) is 0 Å². The zero-order valence-electron chi connectivity index (χ0n) is 16.9. The third-order valence-corrected chi connectivity index (χ3v) is 7.34. The number of anilines is 1. The fraction of sp³-hybridized carbons (Fsp3) is 0.500.